The maximum absolute atomic E-state index is 14.1. The van der Waals surface area contributed by atoms with Crippen molar-refractivity contribution >= 4 is 23.2 Å². The third kappa shape index (κ3) is 4.28. The summed E-state index contributed by atoms with van der Waals surface area (Å²) < 4.78 is 16.0. The summed E-state index contributed by atoms with van der Waals surface area (Å²) in [5.41, 5.74) is 1.76. The second kappa shape index (κ2) is 8.51. The van der Waals surface area contributed by atoms with Crippen LogP contribution < -0.4 is 0 Å². The molecular formula is C20H23ClFN5O2. The summed E-state index contributed by atoms with van der Waals surface area (Å²) in [7, 11) is 0. The molecule has 1 fully saturated rings. The van der Waals surface area contributed by atoms with Crippen molar-refractivity contribution in [3.8, 4) is 0 Å². The number of piperazine rings is 1. The Balaban J connectivity index is 1.30. The van der Waals surface area contributed by atoms with E-state index in [9.17, 15) is 9.18 Å². The van der Waals surface area contributed by atoms with Crippen LogP contribution >= 0.6 is 11.6 Å². The number of rotatable bonds is 5. The molecular weight excluding hydrogens is 397 g/mol. The van der Waals surface area contributed by atoms with Crippen LogP contribution in [0.4, 0.5) is 4.39 Å². The van der Waals surface area contributed by atoms with Crippen molar-refractivity contribution in [2.24, 2.45) is 5.16 Å². The van der Waals surface area contributed by atoms with Crippen molar-refractivity contribution in [2.45, 2.75) is 32.5 Å². The molecule has 1 unspecified atom stereocenters. The van der Waals surface area contributed by atoms with Crippen LogP contribution in [0, 0.1) is 5.82 Å². The van der Waals surface area contributed by atoms with Crippen molar-refractivity contribution in [3.05, 3.63) is 52.6 Å². The second-order valence-corrected chi connectivity index (χ2v) is 7.65. The van der Waals surface area contributed by atoms with E-state index in [1.165, 1.54) is 17.7 Å². The number of amides is 1. The van der Waals surface area contributed by atoms with Gasteiger partial charge in [0, 0.05) is 57.4 Å². The number of aryl methyl sites for hydroxylation is 1. The first-order valence-corrected chi connectivity index (χ1v) is 10.1. The number of hydrogen-bond acceptors (Lipinski definition) is 5. The van der Waals surface area contributed by atoms with Crippen LogP contribution in [0.15, 0.2) is 35.7 Å². The zero-order valence-electron chi connectivity index (χ0n) is 16.2. The van der Waals surface area contributed by atoms with Crippen molar-refractivity contribution in [2.75, 3.05) is 26.2 Å². The highest BCUT2D eigenvalue weighted by atomic mass is 35.5. The number of aromatic nitrogens is 2. The first kappa shape index (κ1) is 19.8. The lowest BCUT2D eigenvalue weighted by Crippen LogP contribution is -2.51. The molecule has 7 nitrogen and oxygen atoms in total. The Morgan fingerprint density at radius 2 is 2.10 bits per heavy atom. The molecule has 1 atom stereocenters. The molecule has 0 aliphatic carbocycles. The summed E-state index contributed by atoms with van der Waals surface area (Å²) in [4.78, 5) is 22.2. The Kier molecular flexibility index (Phi) is 5.82. The molecule has 1 saturated heterocycles. The summed E-state index contributed by atoms with van der Waals surface area (Å²) in [5.74, 6) is -0.581. The zero-order valence-corrected chi connectivity index (χ0v) is 17.0. The fraction of sp³-hybridized carbons (Fsp3) is 0.450. The molecule has 0 radical (unpaired) electrons. The summed E-state index contributed by atoms with van der Waals surface area (Å²) in [6.07, 6.45) is 3.43. The molecule has 9 heteroatoms. The number of nitrogens with zero attached hydrogens (tertiary/aromatic N) is 5. The van der Waals surface area contributed by atoms with E-state index in [4.69, 9.17) is 16.4 Å². The van der Waals surface area contributed by atoms with E-state index < -0.39 is 11.9 Å². The maximum Gasteiger partial charge on any atom is 0.266 e. The van der Waals surface area contributed by atoms with Gasteiger partial charge in [0.15, 0.2) is 0 Å². The van der Waals surface area contributed by atoms with Gasteiger partial charge in [-0.3, -0.25) is 14.4 Å². The smallest absolute Gasteiger partial charge is 0.266 e. The van der Waals surface area contributed by atoms with Gasteiger partial charge in [-0.15, -0.1) is 0 Å². The van der Waals surface area contributed by atoms with Crippen molar-refractivity contribution in [3.63, 3.8) is 0 Å². The number of benzene rings is 1. The molecule has 1 aromatic heterocycles. The number of hydrogen-bond donors (Lipinski definition) is 0. The molecule has 1 amide bonds. The quantitative estimate of drug-likeness (QED) is 0.747. The van der Waals surface area contributed by atoms with E-state index in [2.05, 4.69) is 28.3 Å². The summed E-state index contributed by atoms with van der Waals surface area (Å²) in [6.45, 7) is 6.53. The Labute approximate surface area is 173 Å². The topological polar surface area (TPSA) is 63.0 Å². The van der Waals surface area contributed by atoms with Crippen molar-refractivity contribution in [1.82, 2.24) is 19.6 Å². The van der Waals surface area contributed by atoms with Crippen LogP contribution in [0.2, 0.25) is 5.02 Å². The fourth-order valence-electron chi connectivity index (χ4n) is 3.68. The van der Waals surface area contributed by atoms with E-state index in [1.54, 1.807) is 11.0 Å². The Morgan fingerprint density at radius 3 is 2.79 bits per heavy atom. The van der Waals surface area contributed by atoms with E-state index in [0.29, 0.717) is 18.8 Å². The molecule has 0 saturated carbocycles. The lowest BCUT2D eigenvalue weighted by atomic mass is 10.0. The largest absolute Gasteiger partial charge is 0.382 e. The number of oxime groups is 1. The highest BCUT2D eigenvalue weighted by molar-refractivity contribution is 6.34. The molecule has 2 aromatic rings. The van der Waals surface area contributed by atoms with Gasteiger partial charge in [0.25, 0.3) is 5.91 Å². The van der Waals surface area contributed by atoms with Gasteiger partial charge in [-0.05, 0) is 19.1 Å². The van der Waals surface area contributed by atoms with Crippen LogP contribution in [0.1, 0.15) is 24.5 Å². The Bertz CT molecular complexity index is 903. The van der Waals surface area contributed by atoms with Crippen LogP contribution in [-0.2, 0) is 22.7 Å². The standard InChI is InChI=1S/C20H23ClFN5O2/c1-2-27-13-14(11-23-27)12-25-6-8-26(9-7-25)20(28)18-10-17(24-29-18)19-15(21)4-3-5-16(19)22/h3-5,11,13,18H,2,6-10,12H2,1H3. The minimum absolute atomic E-state index is 0.116. The number of halogens is 2. The third-order valence-corrected chi connectivity index (χ3v) is 5.61. The first-order valence-electron chi connectivity index (χ1n) is 9.74. The van der Waals surface area contributed by atoms with E-state index in [1.807, 2.05) is 10.9 Å². The Morgan fingerprint density at radius 1 is 1.31 bits per heavy atom. The van der Waals surface area contributed by atoms with Crippen LogP contribution in [0.3, 0.4) is 0 Å². The van der Waals surface area contributed by atoms with E-state index >= 15 is 0 Å². The van der Waals surface area contributed by atoms with Crippen molar-refractivity contribution in [1.29, 1.82) is 0 Å². The summed E-state index contributed by atoms with van der Waals surface area (Å²) >= 11 is 6.10. The van der Waals surface area contributed by atoms with E-state index in [0.717, 1.165) is 26.2 Å². The number of carbonyl (C=O) groups excluding carboxylic acids is 1. The lowest BCUT2D eigenvalue weighted by molar-refractivity contribution is -0.143. The van der Waals surface area contributed by atoms with Gasteiger partial charge in [-0.1, -0.05) is 22.8 Å². The molecule has 4 rings (SSSR count). The molecule has 29 heavy (non-hydrogen) atoms. The molecule has 2 aliphatic heterocycles. The van der Waals surface area contributed by atoms with Crippen LogP contribution in [0.25, 0.3) is 0 Å². The normalized spacial score (nSPS) is 19.9. The first-order chi connectivity index (χ1) is 14.0. The molecule has 0 spiro atoms. The van der Waals surface area contributed by atoms with Crippen molar-refractivity contribution < 1.29 is 14.0 Å². The van der Waals surface area contributed by atoms with Gasteiger partial charge in [-0.25, -0.2) is 4.39 Å². The number of carbonyl (C=O) groups is 1. The highest BCUT2D eigenvalue weighted by Crippen LogP contribution is 2.26. The minimum Gasteiger partial charge on any atom is -0.382 e. The third-order valence-electron chi connectivity index (χ3n) is 5.30. The second-order valence-electron chi connectivity index (χ2n) is 7.24. The monoisotopic (exact) mass is 419 g/mol. The van der Waals surface area contributed by atoms with E-state index in [-0.39, 0.29) is 22.9 Å². The molecule has 2 aliphatic rings. The summed E-state index contributed by atoms with van der Waals surface area (Å²) in [5, 5.41) is 8.50. The fourth-order valence-corrected chi connectivity index (χ4v) is 3.95. The predicted octanol–water partition coefficient (Wildman–Crippen LogP) is 2.53. The average molecular weight is 420 g/mol. The van der Waals surface area contributed by atoms with Gasteiger partial charge in [-0.2, -0.15) is 5.10 Å². The van der Waals surface area contributed by atoms with Gasteiger partial charge in [0.1, 0.15) is 5.82 Å². The summed E-state index contributed by atoms with van der Waals surface area (Å²) in [6, 6.07) is 4.45. The van der Waals surface area contributed by atoms with Gasteiger partial charge in [0.2, 0.25) is 6.10 Å². The molecule has 1 aromatic carbocycles. The SMILES string of the molecule is CCn1cc(CN2CCN(C(=O)C3CC(c4c(F)cccc4Cl)=NO3)CC2)cn1. The minimum atomic E-state index is -0.727. The predicted molar refractivity (Wildman–Crippen MR) is 107 cm³/mol. The van der Waals surface area contributed by atoms with Gasteiger partial charge in [0.05, 0.1) is 22.5 Å². The van der Waals surface area contributed by atoms with Gasteiger partial charge < -0.3 is 9.74 Å². The average Bonchev–Trinajstić information content (AvgIpc) is 3.38. The Hall–Kier alpha value is -2.45. The van der Waals surface area contributed by atoms with Crippen LogP contribution in [-0.4, -0.2) is 63.5 Å². The highest BCUT2D eigenvalue weighted by Gasteiger charge is 2.35. The molecule has 154 valence electrons. The molecule has 0 N–H and O–H groups in total. The maximum atomic E-state index is 14.1. The molecule has 0 bridgehead atoms. The molecule has 3 heterocycles. The van der Waals surface area contributed by atoms with Crippen LogP contribution in [0.5, 0.6) is 0 Å². The van der Waals surface area contributed by atoms with Gasteiger partial charge >= 0.3 is 0 Å². The lowest BCUT2D eigenvalue weighted by Gasteiger charge is -2.35. The zero-order chi connectivity index (χ0) is 20.4.